The Morgan fingerprint density at radius 2 is 2.41 bits per heavy atom. The molecule has 0 spiro atoms. The van der Waals surface area contributed by atoms with E-state index < -0.39 is 0 Å². The number of hydrogen-bond acceptors (Lipinski definition) is 6. The lowest BCUT2D eigenvalue weighted by molar-refractivity contribution is 0.0878. The molecule has 5 nitrogen and oxygen atoms in total. The first-order valence-electron chi connectivity index (χ1n) is 5.22. The summed E-state index contributed by atoms with van der Waals surface area (Å²) in [5.41, 5.74) is 5.92. The van der Waals surface area contributed by atoms with Crippen molar-refractivity contribution in [2.24, 2.45) is 0 Å². The molecule has 0 atom stereocenters. The number of nitrogens with zero attached hydrogens (tertiary/aromatic N) is 1. The van der Waals surface area contributed by atoms with E-state index in [1.165, 1.54) is 23.1 Å². The smallest absolute Gasteiger partial charge is 0.273 e. The van der Waals surface area contributed by atoms with Crippen molar-refractivity contribution in [2.45, 2.75) is 22.7 Å². The lowest BCUT2D eigenvalue weighted by atomic mass is 10.2. The maximum atomic E-state index is 12.0. The Morgan fingerprint density at radius 1 is 1.71 bits per heavy atom. The normalized spacial score (nSPS) is 16.8. The van der Waals surface area contributed by atoms with E-state index in [4.69, 9.17) is 10.5 Å². The highest BCUT2D eigenvalue weighted by atomic mass is 32.2. The number of thioether (sulfide) groups is 1. The number of ether oxygens (including phenoxy) is 1. The van der Waals surface area contributed by atoms with Crippen molar-refractivity contribution in [3.8, 4) is 0 Å². The number of carbonyl (C=O) groups excluding carboxylic acids is 1. The van der Waals surface area contributed by atoms with E-state index in [2.05, 4.69) is 10.3 Å². The standard InChI is InChI=1S/C10H15N3O2S2/c1-15-5-10(3-4-10)13-8(14)6-7(11)17-9(12-6)16-2/h3-5,11H2,1-2H3,(H,13,14). The lowest BCUT2D eigenvalue weighted by Crippen LogP contribution is -2.40. The van der Waals surface area contributed by atoms with Crippen LogP contribution in [0.1, 0.15) is 23.3 Å². The van der Waals surface area contributed by atoms with E-state index in [0.29, 0.717) is 17.3 Å². The van der Waals surface area contributed by atoms with Gasteiger partial charge in [0.05, 0.1) is 12.1 Å². The van der Waals surface area contributed by atoms with Crippen molar-refractivity contribution in [3.05, 3.63) is 5.69 Å². The summed E-state index contributed by atoms with van der Waals surface area (Å²) >= 11 is 2.83. The first kappa shape index (κ1) is 12.7. The summed E-state index contributed by atoms with van der Waals surface area (Å²) in [5.74, 6) is -0.200. The van der Waals surface area contributed by atoms with E-state index in [0.717, 1.165) is 17.2 Å². The number of rotatable bonds is 5. The number of anilines is 1. The molecule has 0 aliphatic heterocycles. The molecule has 2 rings (SSSR count). The van der Waals surface area contributed by atoms with E-state index in [1.54, 1.807) is 7.11 Å². The second-order valence-corrected chi connectivity index (χ2v) is 6.15. The summed E-state index contributed by atoms with van der Waals surface area (Å²) < 4.78 is 5.90. The van der Waals surface area contributed by atoms with Gasteiger partial charge in [0.1, 0.15) is 5.00 Å². The molecule has 0 unspecified atom stereocenters. The number of thiazole rings is 1. The Kier molecular flexibility index (Phi) is 3.60. The van der Waals surface area contributed by atoms with Crippen LogP contribution in [0.5, 0.6) is 0 Å². The Balaban J connectivity index is 2.07. The van der Waals surface area contributed by atoms with Crippen molar-refractivity contribution in [3.63, 3.8) is 0 Å². The Bertz CT molecular complexity index is 429. The molecule has 3 N–H and O–H groups in total. The monoisotopic (exact) mass is 273 g/mol. The third-order valence-corrected chi connectivity index (χ3v) is 4.55. The fraction of sp³-hybridized carbons (Fsp3) is 0.600. The summed E-state index contributed by atoms with van der Waals surface area (Å²) in [6.45, 7) is 0.540. The van der Waals surface area contributed by atoms with Gasteiger partial charge in [0.2, 0.25) is 0 Å². The Labute approximate surface area is 108 Å². The number of carbonyl (C=O) groups is 1. The second-order valence-electron chi connectivity index (χ2n) is 4.06. The molecular formula is C10H15N3O2S2. The van der Waals surface area contributed by atoms with Gasteiger partial charge < -0.3 is 15.8 Å². The molecule has 1 fully saturated rings. The van der Waals surface area contributed by atoms with Gasteiger partial charge >= 0.3 is 0 Å². The van der Waals surface area contributed by atoms with Gasteiger partial charge in [-0.15, -0.1) is 0 Å². The first-order chi connectivity index (χ1) is 8.10. The van der Waals surface area contributed by atoms with Gasteiger partial charge in [-0.05, 0) is 19.1 Å². The number of hydrogen-bond donors (Lipinski definition) is 2. The average Bonchev–Trinajstić information content (AvgIpc) is 2.91. The third kappa shape index (κ3) is 2.72. The van der Waals surface area contributed by atoms with Crippen molar-refractivity contribution < 1.29 is 9.53 Å². The number of methoxy groups -OCH3 is 1. The van der Waals surface area contributed by atoms with Crippen molar-refractivity contribution in [2.75, 3.05) is 25.7 Å². The van der Waals surface area contributed by atoms with Crippen LogP contribution in [0.25, 0.3) is 0 Å². The van der Waals surface area contributed by atoms with Crippen molar-refractivity contribution in [1.82, 2.24) is 10.3 Å². The highest BCUT2D eigenvalue weighted by Gasteiger charge is 2.44. The summed E-state index contributed by atoms with van der Waals surface area (Å²) in [6.07, 6.45) is 3.81. The SMILES string of the molecule is COCC1(NC(=O)c2nc(SC)sc2N)CC1. The molecule has 1 amide bonds. The van der Waals surface area contributed by atoms with Crippen LogP contribution in [0.2, 0.25) is 0 Å². The van der Waals surface area contributed by atoms with Crippen LogP contribution in [-0.4, -0.2) is 36.4 Å². The highest BCUT2D eigenvalue weighted by molar-refractivity contribution is 8.00. The van der Waals surface area contributed by atoms with Gasteiger partial charge in [-0.2, -0.15) is 0 Å². The number of nitrogens with two attached hydrogens (primary N) is 1. The predicted octanol–water partition coefficient (Wildman–Crippen LogP) is 1.36. The molecule has 0 saturated heterocycles. The molecule has 1 aromatic heterocycles. The molecule has 17 heavy (non-hydrogen) atoms. The molecular weight excluding hydrogens is 258 g/mol. The fourth-order valence-corrected chi connectivity index (χ4v) is 2.94. The molecule has 1 aliphatic carbocycles. The Hall–Kier alpha value is -0.790. The maximum absolute atomic E-state index is 12.0. The molecule has 1 heterocycles. The van der Waals surface area contributed by atoms with Crippen molar-refractivity contribution in [1.29, 1.82) is 0 Å². The molecule has 1 aliphatic rings. The summed E-state index contributed by atoms with van der Waals surface area (Å²) in [6, 6.07) is 0. The third-order valence-electron chi connectivity index (χ3n) is 2.68. The van der Waals surface area contributed by atoms with Crippen LogP contribution in [0.15, 0.2) is 4.34 Å². The van der Waals surface area contributed by atoms with E-state index in [1.807, 2.05) is 6.26 Å². The second kappa shape index (κ2) is 4.83. The molecule has 94 valence electrons. The zero-order valence-electron chi connectivity index (χ0n) is 9.78. The van der Waals surface area contributed by atoms with Crippen LogP contribution in [0, 0.1) is 0 Å². The molecule has 0 bridgehead atoms. The molecule has 0 radical (unpaired) electrons. The summed E-state index contributed by atoms with van der Waals surface area (Å²) in [4.78, 5) is 16.2. The molecule has 1 aromatic rings. The van der Waals surface area contributed by atoms with Gasteiger partial charge in [0.25, 0.3) is 5.91 Å². The summed E-state index contributed by atoms with van der Waals surface area (Å²) in [7, 11) is 1.63. The molecule has 1 saturated carbocycles. The van der Waals surface area contributed by atoms with Crippen LogP contribution in [0.4, 0.5) is 5.00 Å². The van der Waals surface area contributed by atoms with E-state index in [-0.39, 0.29) is 11.4 Å². The first-order valence-corrected chi connectivity index (χ1v) is 7.26. The minimum atomic E-state index is -0.200. The van der Waals surface area contributed by atoms with Gasteiger partial charge in [-0.25, -0.2) is 4.98 Å². The van der Waals surface area contributed by atoms with Crippen LogP contribution >= 0.6 is 23.1 Å². The van der Waals surface area contributed by atoms with Crippen molar-refractivity contribution >= 4 is 34.0 Å². The quantitative estimate of drug-likeness (QED) is 0.792. The predicted molar refractivity (Wildman–Crippen MR) is 69.6 cm³/mol. The number of nitrogens with one attached hydrogen (secondary N) is 1. The van der Waals surface area contributed by atoms with Gasteiger partial charge in [-0.3, -0.25) is 4.79 Å². The number of aromatic nitrogens is 1. The van der Waals surface area contributed by atoms with Crippen LogP contribution < -0.4 is 11.1 Å². The van der Waals surface area contributed by atoms with Crippen LogP contribution in [0.3, 0.4) is 0 Å². The van der Waals surface area contributed by atoms with E-state index >= 15 is 0 Å². The topological polar surface area (TPSA) is 77.2 Å². The van der Waals surface area contributed by atoms with Crippen LogP contribution in [-0.2, 0) is 4.74 Å². The zero-order valence-corrected chi connectivity index (χ0v) is 11.4. The minimum Gasteiger partial charge on any atom is -0.389 e. The minimum absolute atomic E-state index is 0.193. The zero-order chi connectivity index (χ0) is 12.5. The molecule has 7 heteroatoms. The average molecular weight is 273 g/mol. The maximum Gasteiger partial charge on any atom is 0.273 e. The van der Waals surface area contributed by atoms with Gasteiger partial charge in [0.15, 0.2) is 10.0 Å². The highest BCUT2D eigenvalue weighted by Crippen LogP contribution is 2.36. The molecule has 0 aromatic carbocycles. The lowest BCUT2D eigenvalue weighted by Gasteiger charge is -2.15. The Morgan fingerprint density at radius 3 is 2.88 bits per heavy atom. The number of nitrogen functional groups attached to an aromatic ring is 1. The largest absolute Gasteiger partial charge is 0.389 e. The van der Waals surface area contributed by atoms with Gasteiger partial charge in [-0.1, -0.05) is 23.1 Å². The van der Waals surface area contributed by atoms with Gasteiger partial charge in [0, 0.05) is 7.11 Å². The number of amides is 1. The fourth-order valence-electron chi connectivity index (χ4n) is 1.59. The summed E-state index contributed by atoms with van der Waals surface area (Å²) in [5, 5.41) is 3.43. The van der Waals surface area contributed by atoms with E-state index in [9.17, 15) is 4.79 Å².